The molecule has 1 saturated carbocycles. The normalized spacial score (nSPS) is 25.2. The van der Waals surface area contributed by atoms with Crippen molar-refractivity contribution in [2.24, 2.45) is 18.9 Å². The Balaban J connectivity index is 1.96. The summed E-state index contributed by atoms with van der Waals surface area (Å²) in [7, 11) is 1.75. The maximum Gasteiger partial charge on any atom is 0.175 e. The molecule has 0 saturated heterocycles. The van der Waals surface area contributed by atoms with E-state index >= 15 is 0 Å². The van der Waals surface area contributed by atoms with E-state index in [1.165, 1.54) is 17.6 Å². The SMILES string of the molecule is CCCC1CCC(=O)C(Cc2nnn(C)n2)C1. The number of aromatic nitrogens is 4. The molecule has 0 aliphatic heterocycles. The maximum absolute atomic E-state index is 11.9. The van der Waals surface area contributed by atoms with Crippen LogP contribution in [0.4, 0.5) is 0 Å². The Morgan fingerprint density at radius 3 is 2.94 bits per heavy atom. The summed E-state index contributed by atoms with van der Waals surface area (Å²) in [6.07, 6.45) is 5.90. The number of tetrazole rings is 1. The van der Waals surface area contributed by atoms with Crippen molar-refractivity contribution in [3.05, 3.63) is 5.82 Å². The molecule has 17 heavy (non-hydrogen) atoms. The van der Waals surface area contributed by atoms with Crippen LogP contribution in [0.2, 0.25) is 0 Å². The standard InChI is InChI=1S/C12H20N4O/c1-3-4-9-5-6-11(17)10(7-9)8-12-13-15-16(2)14-12/h9-10H,3-8H2,1-2H3. The summed E-state index contributed by atoms with van der Waals surface area (Å²) in [6, 6.07) is 0. The summed E-state index contributed by atoms with van der Waals surface area (Å²) in [5, 5.41) is 11.9. The number of hydrogen-bond donors (Lipinski definition) is 0. The Morgan fingerprint density at radius 1 is 1.47 bits per heavy atom. The zero-order valence-electron chi connectivity index (χ0n) is 10.6. The fraction of sp³-hybridized carbons (Fsp3) is 0.833. The van der Waals surface area contributed by atoms with E-state index in [2.05, 4.69) is 22.3 Å². The number of hydrogen-bond acceptors (Lipinski definition) is 4. The molecule has 5 nitrogen and oxygen atoms in total. The number of rotatable bonds is 4. The number of carbonyl (C=O) groups excluding carboxylic acids is 1. The van der Waals surface area contributed by atoms with Crippen molar-refractivity contribution in [3.63, 3.8) is 0 Å². The monoisotopic (exact) mass is 236 g/mol. The maximum atomic E-state index is 11.9. The number of ketones is 1. The second-order valence-electron chi connectivity index (χ2n) is 4.99. The molecule has 94 valence electrons. The van der Waals surface area contributed by atoms with E-state index in [0.717, 1.165) is 19.3 Å². The van der Waals surface area contributed by atoms with Crippen molar-refractivity contribution < 1.29 is 4.79 Å². The highest BCUT2D eigenvalue weighted by Crippen LogP contribution is 2.31. The minimum atomic E-state index is 0.115. The average molecular weight is 236 g/mol. The Hall–Kier alpha value is -1.26. The highest BCUT2D eigenvalue weighted by Gasteiger charge is 2.29. The fourth-order valence-electron chi connectivity index (χ4n) is 2.70. The molecule has 0 radical (unpaired) electrons. The number of nitrogens with zero attached hydrogens (tertiary/aromatic N) is 4. The molecule has 1 heterocycles. The van der Waals surface area contributed by atoms with E-state index in [4.69, 9.17) is 0 Å². The number of aryl methyl sites for hydroxylation is 1. The second-order valence-corrected chi connectivity index (χ2v) is 4.99. The van der Waals surface area contributed by atoms with Gasteiger partial charge in [0.05, 0.1) is 7.05 Å². The van der Waals surface area contributed by atoms with Crippen LogP contribution >= 0.6 is 0 Å². The molecule has 2 atom stereocenters. The molecule has 0 aromatic carbocycles. The Labute approximate surface area is 102 Å². The Bertz CT molecular complexity index is 388. The van der Waals surface area contributed by atoms with E-state index < -0.39 is 0 Å². The second kappa shape index (κ2) is 5.38. The molecule has 1 fully saturated rings. The van der Waals surface area contributed by atoms with Crippen molar-refractivity contribution in [3.8, 4) is 0 Å². The van der Waals surface area contributed by atoms with Crippen LogP contribution in [0, 0.1) is 11.8 Å². The molecule has 2 rings (SSSR count). The Kier molecular flexibility index (Phi) is 3.86. The first-order valence-electron chi connectivity index (χ1n) is 6.44. The molecule has 2 unspecified atom stereocenters. The molecular formula is C12H20N4O. The molecule has 0 N–H and O–H groups in total. The minimum absolute atomic E-state index is 0.115. The quantitative estimate of drug-likeness (QED) is 0.795. The molecule has 1 aliphatic rings. The predicted molar refractivity (Wildman–Crippen MR) is 63.2 cm³/mol. The summed E-state index contributed by atoms with van der Waals surface area (Å²) in [5.41, 5.74) is 0. The van der Waals surface area contributed by atoms with Gasteiger partial charge >= 0.3 is 0 Å². The van der Waals surface area contributed by atoms with E-state index in [1.54, 1.807) is 7.05 Å². The summed E-state index contributed by atoms with van der Waals surface area (Å²) in [5.74, 6) is 1.90. The van der Waals surface area contributed by atoms with Gasteiger partial charge in [0.2, 0.25) is 0 Å². The van der Waals surface area contributed by atoms with Gasteiger partial charge in [-0.15, -0.1) is 10.2 Å². The van der Waals surface area contributed by atoms with Crippen LogP contribution in [0.25, 0.3) is 0 Å². The van der Waals surface area contributed by atoms with Gasteiger partial charge in [0.1, 0.15) is 5.78 Å². The largest absolute Gasteiger partial charge is 0.299 e. The van der Waals surface area contributed by atoms with E-state index in [9.17, 15) is 4.79 Å². The molecule has 1 aromatic rings. The lowest BCUT2D eigenvalue weighted by Crippen LogP contribution is -2.27. The average Bonchev–Trinajstić information content (AvgIpc) is 2.69. The summed E-state index contributed by atoms with van der Waals surface area (Å²) in [4.78, 5) is 13.3. The molecule has 1 aliphatic carbocycles. The van der Waals surface area contributed by atoms with Crippen molar-refractivity contribution >= 4 is 5.78 Å². The first kappa shape index (κ1) is 12.2. The van der Waals surface area contributed by atoms with Gasteiger partial charge in [0, 0.05) is 18.8 Å². The summed E-state index contributed by atoms with van der Waals surface area (Å²) < 4.78 is 0. The first-order valence-corrected chi connectivity index (χ1v) is 6.44. The third-order valence-corrected chi connectivity index (χ3v) is 3.55. The highest BCUT2D eigenvalue weighted by molar-refractivity contribution is 5.81. The highest BCUT2D eigenvalue weighted by atomic mass is 16.1. The van der Waals surface area contributed by atoms with E-state index in [1.807, 2.05) is 0 Å². The van der Waals surface area contributed by atoms with Crippen LogP contribution in [-0.4, -0.2) is 26.0 Å². The smallest absolute Gasteiger partial charge is 0.175 e. The van der Waals surface area contributed by atoms with Gasteiger partial charge in [-0.05, 0) is 24.0 Å². The van der Waals surface area contributed by atoms with E-state index in [0.29, 0.717) is 23.9 Å². The lowest BCUT2D eigenvalue weighted by Gasteiger charge is -2.27. The van der Waals surface area contributed by atoms with Crippen LogP contribution in [-0.2, 0) is 18.3 Å². The number of carbonyl (C=O) groups is 1. The van der Waals surface area contributed by atoms with Gasteiger partial charge in [-0.3, -0.25) is 4.79 Å². The third-order valence-electron chi connectivity index (χ3n) is 3.55. The topological polar surface area (TPSA) is 60.7 Å². The van der Waals surface area contributed by atoms with Crippen LogP contribution < -0.4 is 0 Å². The summed E-state index contributed by atoms with van der Waals surface area (Å²) >= 11 is 0. The zero-order valence-corrected chi connectivity index (χ0v) is 10.6. The molecule has 0 bridgehead atoms. The van der Waals surface area contributed by atoms with Crippen molar-refractivity contribution in [1.82, 2.24) is 20.2 Å². The van der Waals surface area contributed by atoms with Crippen LogP contribution in [0.5, 0.6) is 0 Å². The van der Waals surface area contributed by atoms with Crippen LogP contribution in [0.1, 0.15) is 44.9 Å². The van der Waals surface area contributed by atoms with Gasteiger partial charge < -0.3 is 0 Å². The predicted octanol–water partition coefficient (Wildman–Crippen LogP) is 1.54. The number of Topliss-reactive ketones (excluding diaryl/α,β-unsaturated/α-hetero) is 1. The lowest BCUT2D eigenvalue weighted by molar-refractivity contribution is -0.125. The molecular weight excluding hydrogens is 216 g/mol. The van der Waals surface area contributed by atoms with Gasteiger partial charge in [-0.2, -0.15) is 4.80 Å². The molecule has 0 amide bonds. The van der Waals surface area contributed by atoms with Crippen molar-refractivity contribution in [2.75, 3.05) is 0 Å². The third kappa shape index (κ3) is 3.11. The lowest BCUT2D eigenvalue weighted by atomic mass is 9.77. The fourth-order valence-corrected chi connectivity index (χ4v) is 2.70. The van der Waals surface area contributed by atoms with Crippen LogP contribution in [0.15, 0.2) is 0 Å². The summed E-state index contributed by atoms with van der Waals surface area (Å²) in [6.45, 7) is 2.20. The Morgan fingerprint density at radius 2 is 2.29 bits per heavy atom. The van der Waals surface area contributed by atoms with Crippen LogP contribution in [0.3, 0.4) is 0 Å². The molecule has 0 spiro atoms. The van der Waals surface area contributed by atoms with Gasteiger partial charge in [0.25, 0.3) is 0 Å². The van der Waals surface area contributed by atoms with Gasteiger partial charge in [-0.1, -0.05) is 19.8 Å². The van der Waals surface area contributed by atoms with Gasteiger partial charge in [0.15, 0.2) is 5.82 Å². The molecule has 1 aromatic heterocycles. The minimum Gasteiger partial charge on any atom is -0.299 e. The van der Waals surface area contributed by atoms with Gasteiger partial charge in [-0.25, -0.2) is 0 Å². The van der Waals surface area contributed by atoms with Crippen molar-refractivity contribution in [2.45, 2.75) is 45.4 Å². The zero-order chi connectivity index (χ0) is 12.3. The first-order chi connectivity index (χ1) is 8.19. The van der Waals surface area contributed by atoms with Crippen molar-refractivity contribution in [1.29, 1.82) is 0 Å². The van der Waals surface area contributed by atoms with E-state index in [-0.39, 0.29) is 5.92 Å². The molecule has 5 heteroatoms.